The number of carbonyl (C=O) groups excluding carboxylic acids is 3. The Kier molecular flexibility index (Phi) is 7.43. The number of hydrogen-bond acceptors (Lipinski definition) is 6. The van der Waals surface area contributed by atoms with Gasteiger partial charge in [-0.3, -0.25) is 14.5 Å². The lowest BCUT2D eigenvalue weighted by Gasteiger charge is -2.26. The van der Waals surface area contributed by atoms with E-state index in [9.17, 15) is 19.5 Å². The highest BCUT2D eigenvalue weighted by atomic mass is 16.5. The summed E-state index contributed by atoms with van der Waals surface area (Å²) in [7, 11) is 0. The molecule has 0 bridgehead atoms. The molecular weight excluding hydrogens is 470 g/mol. The van der Waals surface area contributed by atoms with Crippen LogP contribution in [-0.2, 0) is 14.3 Å². The van der Waals surface area contributed by atoms with Gasteiger partial charge in [-0.05, 0) is 69.7 Å². The van der Waals surface area contributed by atoms with E-state index in [1.54, 1.807) is 62.4 Å². The van der Waals surface area contributed by atoms with Crippen molar-refractivity contribution in [3.63, 3.8) is 0 Å². The lowest BCUT2D eigenvalue weighted by molar-refractivity contribution is -0.132. The monoisotopic (exact) mass is 499 g/mol. The number of ether oxygens (including phenoxy) is 2. The van der Waals surface area contributed by atoms with E-state index in [1.165, 1.54) is 4.90 Å². The summed E-state index contributed by atoms with van der Waals surface area (Å²) in [6.45, 7) is 7.73. The number of esters is 1. The van der Waals surface area contributed by atoms with Crippen LogP contribution in [0.5, 0.6) is 5.75 Å². The average Bonchev–Trinajstić information content (AvgIpc) is 3.14. The molecule has 1 saturated heterocycles. The third kappa shape index (κ3) is 5.26. The number of aliphatic hydroxyl groups is 1. The molecule has 0 radical (unpaired) electrons. The van der Waals surface area contributed by atoms with Crippen LogP contribution >= 0.6 is 0 Å². The van der Waals surface area contributed by atoms with E-state index in [4.69, 9.17) is 9.47 Å². The van der Waals surface area contributed by atoms with Gasteiger partial charge in [-0.25, -0.2) is 4.79 Å². The molecule has 1 atom stereocenters. The summed E-state index contributed by atoms with van der Waals surface area (Å²) >= 11 is 0. The first-order valence-corrected chi connectivity index (χ1v) is 12.1. The summed E-state index contributed by atoms with van der Waals surface area (Å²) in [5.41, 5.74) is 2.70. The molecule has 190 valence electrons. The van der Waals surface area contributed by atoms with Crippen molar-refractivity contribution in [3.8, 4) is 5.75 Å². The third-order valence-corrected chi connectivity index (χ3v) is 5.94. The largest absolute Gasteiger partial charge is 0.507 e. The number of benzene rings is 3. The highest BCUT2D eigenvalue weighted by Gasteiger charge is 2.47. The minimum atomic E-state index is -0.871. The fourth-order valence-electron chi connectivity index (χ4n) is 4.35. The molecule has 7 heteroatoms. The van der Waals surface area contributed by atoms with Gasteiger partial charge in [-0.15, -0.1) is 0 Å². The van der Waals surface area contributed by atoms with Crippen LogP contribution in [0.2, 0.25) is 0 Å². The number of rotatable bonds is 7. The smallest absolute Gasteiger partial charge is 0.338 e. The van der Waals surface area contributed by atoms with Crippen molar-refractivity contribution in [3.05, 3.63) is 101 Å². The van der Waals surface area contributed by atoms with Crippen molar-refractivity contribution in [1.29, 1.82) is 0 Å². The lowest BCUT2D eigenvalue weighted by atomic mass is 9.94. The topological polar surface area (TPSA) is 93.1 Å². The van der Waals surface area contributed by atoms with Gasteiger partial charge in [0, 0.05) is 11.3 Å². The summed E-state index contributed by atoms with van der Waals surface area (Å²) in [6, 6.07) is 19.6. The summed E-state index contributed by atoms with van der Waals surface area (Å²) in [4.78, 5) is 40.4. The molecule has 3 aromatic rings. The van der Waals surface area contributed by atoms with E-state index in [1.807, 2.05) is 38.1 Å². The Balaban J connectivity index is 1.84. The van der Waals surface area contributed by atoms with E-state index in [0.29, 0.717) is 34.7 Å². The number of aliphatic hydroxyl groups excluding tert-OH is 1. The van der Waals surface area contributed by atoms with Crippen LogP contribution in [0.15, 0.2) is 78.4 Å². The van der Waals surface area contributed by atoms with Crippen LogP contribution in [0, 0.1) is 6.92 Å². The Labute approximate surface area is 215 Å². The van der Waals surface area contributed by atoms with E-state index >= 15 is 0 Å². The first kappa shape index (κ1) is 25.7. The van der Waals surface area contributed by atoms with Crippen molar-refractivity contribution in [1.82, 2.24) is 0 Å². The average molecular weight is 500 g/mol. The van der Waals surface area contributed by atoms with Crippen molar-refractivity contribution >= 4 is 29.1 Å². The van der Waals surface area contributed by atoms with Gasteiger partial charge in [0.2, 0.25) is 0 Å². The quantitative estimate of drug-likeness (QED) is 0.197. The number of carbonyl (C=O) groups is 3. The molecule has 0 aliphatic carbocycles. The molecule has 4 rings (SSSR count). The zero-order valence-electron chi connectivity index (χ0n) is 21.2. The number of Topliss-reactive ketones (excluding diaryl/α,β-unsaturated/α-hetero) is 1. The second kappa shape index (κ2) is 10.7. The van der Waals surface area contributed by atoms with E-state index < -0.39 is 23.7 Å². The number of hydrogen-bond donors (Lipinski definition) is 1. The van der Waals surface area contributed by atoms with Crippen molar-refractivity contribution in [2.75, 3.05) is 11.5 Å². The van der Waals surface area contributed by atoms with Gasteiger partial charge >= 0.3 is 5.97 Å². The van der Waals surface area contributed by atoms with E-state index in [2.05, 4.69) is 0 Å². The molecule has 1 aliphatic heterocycles. The molecule has 1 aliphatic rings. The van der Waals surface area contributed by atoms with Gasteiger partial charge in [-0.1, -0.05) is 42.0 Å². The molecule has 1 unspecified atom stereocenters. The molecule has 0 spiro atoms. The van der Waals surface area contributed by atoms with Gasteiger partial charge in [0.15, 0.2) is 0 Å². The van der Waals surface area contributed by atoms with Gasteiger partial charge in [0.05, 0.1) is 29.9 Å². The molecule has 0 aromatic heterocycles. The highest BCUT2D eigenvalue weighted by Crippen LogP contribution is 2.42. The second-order valence-corrected chi connectivity index (χ2v) is 9.05. The molecule has 1 N–H and O–H groups in total. The van der Waals surface area contributed by atoms with E-state index in [0.717, 1.165) is 5.56 Å². The van der Waals surface area contributed by atoms with Crippen molar-refractivity contribution < 1.29 is 29.0 Å². The molecule has 3 aromatic carbocycles. The molecule has 1 fully saturated rings. The lowest BCUT2D eigenvalue weighted by Crippen LogP contribution is -2.29. The Morgan fingerprint density at radius 2 is 1.68 bits per heavy atom. The normalized spacial score (nSPS) is 16.8. The van der Waals surface area contributed by atoms with Gasteiger partial charge in [-0.2, -0.15) is 0 Å². The number of aryl methyl sites for hydroxylation is 1. The maximum atomic E-state index is 13.4. The SMILES string of the molecule is CCOc1cccc(/C(O)=C2\C(=O)C(=O)N(c3ccc(C(=O)OC(C)C)cc3)C2c2cccc(C)c2)c1. The highest BCUT2D eigenvalue weighted by molar-refractivity contribution is 6.51. The zero-order valence-corrected chi connectivity index (χ0v) is 21.2. The fourth-order valence-corrected chi connectivity index (χ4v) is 4.35. The van der Waals surface area contributed by atoms with Gasteiger partial charge < -0.3 is 14.6 Å². The van der Waals surface area contributed by atoms with Crippen LogP contribution in [0.4, 0.5) is 5.69 Å². The second-order valence-electron chi connectivity index (χ2n) is 9.05. The first-order chi connectivity index (χ1) is 17.7. The fraction of sp³-hybridized carbons (Fsp3) is 0.233. The molecule has 37 heavy (non-hydrogen) atoms. The number of anilines is 1. The van der Waals surface area contributed by atoms with Crippen molar-refractivity contribution in [2.24, 2.45) is 0 Å². The predicted molar refractivity (Wildman–Crippen MR) is 141 cm³/mol. The molecule has 1 amide bonds. The van der Waals surface area contributed by atoms with Gasteiger partial charge in [0.1, 0.15) is 11.5 Å². The minimum absolute atomic E-state index is 0.0208. The maximum Gasteiger partial charge on any atom is 0.338 e. The molecule has 1 heterocycles. The van der Waals surface area contributed by atoms with Crippen molar-refractivity contribution in [2.45, 2.75) is 39.8 Å². The number of nitrogens with zero attached hydrogens (tertiary/aromatic N) is 1. The molecule has 7 nitrogen and oxygen atoms in total. The van der Waals surface area contributed by atoms with Crippen LogP contribution in [0.3, 0.4) is 0 Å². The standard InChI is InChI=1S/C30H29NO6/c1-5-36-24-11-7-10-22(17-24)27(32)25-26(21-9-6-8-19(4)16-21)31(29(34)28(25)33)23-14-12-20(13-15-23)30(35)37-18(2)3/h6-18,26,32H,5H2,1-4H3/b27-25+. The van der Waals surface area contributed by atoms with Gasteiger partial charge in [0.25, 0.3) is 11.7 Å². The van der Waals surface area contributed by atoms with Crippen LogP contribution in [0.25, 0.3) is 5.76 Å². The summed E-state index contributed by atoms with van der Waals surface area (Å²) < 4.78 is 10.8. The molecular formula is C30H29NO6. The zero-order chi connectivity index (χ0) is 26.7. The Morgan fingerprint density at radius 3 is 2.32 bits per heavy atom. The number of amides is 1. The summed E-state index contributed by atoms with van der Waals surface area (Å²) in [6.07, 6.45) is -0.271. The van der Waals surface area contributed by atoms with E-state index in [-0.39, 0.29) is 17.4 Å². The predicted octanol–water partition coefficient (Wildman–Crippen LogP) is 5.59. The number of ketones is 1. The summed E-state index contributed by atoms with van der Waals surface area (Å²) in [5.74, 6) is -1.79. The first-order valence-electron chi connectivity index (χ1n) is 12.1. The summed E-state index contributed by atoms with van der Waals surface area (Å²) in [5, 5.41) is 11.3. The minimum Gasteiger partial charge on any atom is -0.507 e. The van der Waals surface area contributed by atoms with Crippen LogP contribution in [0.1, 0.15) is 53.9 Å². The maximum absolute atomic E-state index is 13.4. The molecule has 0 saturated carbocycles. The third-order valence-electron chi connectivity index (χ3n) is 5.94. The Hall–Kier alpha value is -4.39. The Morgan fingerprint density at radius 1 is 0.973 bits per heavy atom. The Bertz CT molecular complexity index is 1370. The van der Waals surface area contributed by atoms with Crippen LogP contribution in [-0.4, -0.2) is 35.5 Å². The van der Waals surface area contributed by atoms with Crippen LogP contribution < -0.4 is 9.64 Å².